The zero-order chi connectivity index (χ0) is 22.1. The molecule has 0 saturated carbocycles. The van der Waals surface area contributed by atoms with Gasteiger partial charge in [-0.05, 0) is 43.9 Å². The number of aryl methyl sites for hydroxylation is 1. The number of ether oxygens (including phenoxy) is 1. The van der Waals surface area contributed by atoms with Crippen molar-refractivity contribution in [3.05, 3.63) is 61.4 Å². The first-order chi connectivity index (χ1) is 14.1. The fraction of sp³-hybridized carbons (Fsp3) is 0.476. The molecule has 1 atom stereocenters. The molecule has 0 bridgehead atoms. The van der Waals surface area contributed by atoms with Gasteiger partial charge in [0.15, 0.2) is 0 Å². The van der Waals surface area contributed by atoms with Crippen molar-refractivity contribution in [2.24, 2.45) is 14.1 Å². The number of amides is 1. The van der Waals surface area contributed by atoms with E-state index in [0.29, 0.717) is 36.6 Å². The van der Waals surface area contributed by atoms with Gasteiger partial charge in [-0.2, -0.15) is 0 Å². The third kappa shape index (κ3) is 4.60. The van der Waals surface area contributed by atoms with Crippen molar-refractivity contribution in [3.8, 4) is 5.75 Å². The van der Waals surface area contributed by atoms with Gasteiger partial charge in [0.1, 0.15) is 23.7 Å². The van der Waals surface area contributed by atoms with E-state index in [1.54, 1.807) is 11.0 Å². The summed E-state index contributed by atoms with van der Waals surface area (Å²) >= 11 is 6.16. The standard InChI is InChI=1S/C21H26ClN3O5/c1-14-5-6-15(22)17(11-14)30-13-21(29)7-4-9-25(10-8-21)19(27)16-12-18(26)24(3)20(28)23(16)2/h5-6,11-12,29H,4,7-10,13H2,1-3H3. The number of carbonyl (C=O) groups excluding carboxylic acids is 1. The molecule has 0 spiro atoms. The van der Waals surface area contributed by atoms with Crippen LogP contribution in [0.3, 0.4) is 0 Å². The number of rotatable bonds is 4. The van der Waals surface area contributed by atoms with Crippen LogP contribution in [0.2, 0.25) is 5.02 Å². The highest BCUT2D eigenvalue weighted by Gasteiger charge is 2.33. The van der Waals surface area contributed by atoms with E-state index < -0.39 is 22.8 Å². The molecule has 30 heavy (non-hydrogen) atoms. The molecule has 0 aliphatic carbocycles. The molecule has 0 radical (unpaired) electrons. The minimum absolute atomic E-state index is 0.0383. The van der Waals surface area contributed by atoms with E-state index in [4.69, 9.17) is 16.3 Å². The van der Waals surface area contributed by atoms with Crippen LogP contribution in [0.1, 0.15) is 35.3 Å². The smallest absolute Gasteiger partial charge is 0.331 e. The molecule has 9 heteroatoms. The van der Waals surface area contributed by atoms with Crippen molar-refractivity contribution in [2.45, 2.75) is 31.8 Å². The van der Waals surface area contributed by atoms with Gasteiger partial charge in [0.2, 0.25) is 0 Å². The number of hydrogen-bond donors (Lipinski definition) is 1. The second kappa shape index (κ2) is 8.65. The Morgan fingerprint density at radius 2 is 1.90 bits per heavy atom. The lowest BCUT2D eigenvalue weighted by atomic mass is 9.96. The van der Waals surface area contributed by atoms with E-state index in [1.165, 1.54) is 24.7 Å². The highest BCUT2D eigenvalue weighted by molar-refractivity contribution is 6.32. The lowest BCUT2D eigenvalue weighted by molar-refractivity contribution is -0.0163. The van der Waals surface area contributed by atoms with Gasteiger partial charge in [-0.3, -0.25) is 18.7 Å². The predicted molar refractivity (Wildman–Crippen MR) is 113 cm³/mol. The third-order valence-corrected chi connectivity index (χ3v) is 5.84. The molecule has 1 aliphatic heterocycles. The summed E-state index contributed by atoms with van der Waals surface area (Å²) in [5.74, 6) is 0.108. The van der Waals surface area contributed by atoms with Crippen LogP contribution in [0.15, 0.2) is 33.9 Å². The highest BCUT2D eigenvalue weighted by Crippen LogP contribution is 2.29. The van der Waals surface area contributed by atoms with Crippen LogP contribution < -0.4 is 16.0 Å². The Labute approximate surface area is 179 Å². The molecule has 1 aromatic heterocycles. The number of likely N-dealkylation sites (tertiary alicyclic amines) is 1. The summed E-state index contributed by atoms with van der Waals surface area (Å²) in [6.45, 7) is 2.68. The van der Waals surface area contributed by atoms with Crippen LogP contribution >= 0.6 is 11.6 Å². The molecule has 1 saturated heterocycles. The average molecular weight is 436 g/mol. The number of aromatic nitrogens is 2. The molecule has 1 amide bonds. The summed E-state index contributed by atoms with van der Waals surface area (Å²) in [5, 5.41) is 11.5. The van der Waals surface area contributed by atoms with Crippen molar-refractivity contribution in [1.29, 1.82) is 0 Å². The maximum atomic E-state index is 12.9. The van der Waals surface area contributed by atoms with Gasteiger partial charge < -0.3 is 14.7 Å². The summed E-state index contributed by atoms with van der Waals surface area (Å²) in [7, 11) is 2.83. The predicted octanol–water partition coefficient (Wildman–Crippen LogP) is 1.48. The number of nitrogens with zero attached hydrogens (tertiary/aromatic N) is 3. The summed E-state index contributed by atoms with van der Waals surface area (Å²) < 4.78 is 7.91. The first-order valence-corrected chi connectivity index (χ1v) is 10.2. The molecular formula is C21H26ClN3O5. The van der Waals surface area contributed by atoms with Gasteiger partial charge in [-0.25, -0.2) is 4.79 Å². The van der Waals surface area contributed by atoms with Crippen molar-refractivity contribution >= 4 is 17.5 Å². The molecular weight excluding hydrogens is 410 g/mol. The topological polar surface area (TPSA) is 93.8 Å². The lowest BCUT2D eigenvalue weighted by Crippen LogP contribution is -2.43. The second-order valence-electron chi connectivity index (χ2n) is 7.86. The largest absolute Gasteiger partial charge is 0.489 e. The van der Waals surface area contributed by atoms with Gasteiger partial charge in [0.25, 0.3) is 11.5 Å². The van der Waals surface area contributed by atoms with Crippen LogP contribution in [0, 0.1) is 6.92 Å². The van der Waals surface area contributed by atoms with Crippen molar-refractivity contribution in [3.63, 3.8) is 0 Å². The molecule has 1 aromatic carbocycles. The fourth-order valence-corrected chi connectivity index (χ4v) is 3.73. The van der Waals surface area contributed by atoms with Crippen LogP contribution in [-0.2, 0) is 14.1 Å². The SMILES string of the molecule is Cc1ccc(Cl)c(OCC2(O)CCCN(C(=O)c3cc(=O)n(C)c(=O)n3C)CC2)c1. The van der Waals surface area contributed by atoms with Crippen molar-refractivity contribution < 1.29 is 14.6 Å². The monoisotopic (exact) mass is 435 g/mol. The number of carbonyl (C=O) groups is 1. The van der Waals surface area contributed by atoms with Crippen molar-refractivity contribution in [2.75, 3.05) is 19.7 Å². The maximum absolute atomic E-state index is 12.9. The van der Waals surface area contributed by atoms with Crippen LogP contribution in [0.5, 0.6) is 5.75 Å². The average Bonchev–Trinajstić information content (AvgIpc) is 2.91. The molecule has 1 unspecified atom stereocenters. The normalized spacial score (nSPS) is 19.4. The molecule has 3 rings (SSSR count). The van der Waals surface area contributed by atoms with E-state index in [9.17, 15) is 19.5 Å². The zero-order valence-electron chi connectivity index (χ0n) is 17.4. The van der Waals surface area contributed by atoms with Crippen molar-refractivity contribution in [1.82, 2.24) is 14.0 Å². The van der Waals surface area contributed by atoms with Gasteiger partial charge in [-0.15, -0.1) is 0 Å². The first-order valence-electron chi connectivity index (χ1n) is 9.79. The maximum Gasteiger partial charge on any atom is 0.331 e. The van der Waals surface area contributed by atoms with E-state index >= 15 is 0 Å². The van der Waals surface area contributed by atoms with E-state index in [0.717, 1.165) is 10.1 Å². The highest BCUT2D eigenvalue weighted by atomic mass is 35.5. The molecule has 1 aliphatic rings. The van der Waals surface area contributed by atoms with Gasteiger partial charge in [0, 0.05) is 33.3 Å². The van der Waals surface area contributed by atoms with Gasteiger partial charge >= 0.3 is 5.69 Å². The molecule has 1 N–H and O–H groups in total. The number of hydrogen-bond acceptors (Lipinski definition) is 5. The first kappa shape index (κ1) is 22.1. The van der Waals surface area contributed by atoms with E-state index in [1.807, 2.05) is 19.1 Å². The summed E-state index contributed by atoms with van der Waals surface area (Å²) in [4.78, 5) is 38.6. The Morgan fingerprint density at radius 1 is 1.17 bits per heavy atom. The summed E-state index contributed by atoms with van der Waals surface area (Å²) in [5.41, 5.74) is -1.16. The Bertz CT molecular complexity index is 1080. The fourth-order valence-electron chi connectivity index (χ4n) is 3.56. The third-order valence-electron chi connectivity index (χ3n) is 5.53. The van der Waals surface area contributed by atoms with Gasteiger partial charge in [0.05, 0.1) is 5.02 Å². The minimum Gasteiger partial charge on any atom is -0.489 e. The molecule has 8 nitrogen and oxygen atoms in total. The van der Waals surface area contributed by atoms with Crippen LogP contribution in [0.25, 0.3) is 0 Å². The molecule has 1 fully saturated rings. The quantitative estimate of drug-likeness (QED) is 0.785. The van der Waals surface area contributed by atoms with E-state index in [2.05, 4.69) is 0 Å². The number of aliphatic hydroxyl groups is 1. The van der Waals surface area contributed by atoms with E-state index in [-0.39, 0.29) is 18.8 Å². The minimum atomic E-state index is -1.11. The second-order valence-corrected chi connectivity index (χ2v) is 8.27. The molecule has 2 aromatic rings. The summed E-state index contributed by atoms with van der Waals surface area (Å²) in [6, 6.07) is 6.61. The molecule has 162 valence electrons. The van der Waals surface area contributed by atoms with Crippen LogP contribution in [0.4, 0.5) is 0 Å². The Hall–Kier alpha value is -2.58. The molecule has 2 heterocycles. The lowest BCUT2D eigenvalue weighted by Gasteiger charge is -2.27. The zero-order valence-corrected chi connectivity index (χ0v) is 18.1. The Kier molecular flexibility index (Phi) is 6.38. The number of benzene rings is 1. The Morgan fingerprint density at radius 3 is 2.63 bits per heavy atom. The van der Waals surface area contributed by atoms with Crippen LogP contribution in [-0.4, -0.2) is 50.3 Å². The number of halogens is 1. The summed E-state index contributed by atoms with van der Waals surface area (Å²) in [6.07, 6.45) is 1.32. The van der Waals surface area contributed by atoms with Gasteiger partial charge in [-0.1, -0.05) is 17.7 Å². The Balaban J connectivity index is 1.71.